The molecular weight excluding hydrogens is 336 g/mol. The van der Waals surface area contributed by atoms with E-state index in [-0.39, 0.29) is 29.2 Å². The fourth-order valence-electron chi connectivity index (χ4n) is 2.67. The molecule has 1 aromatic heterocycles. The number of thiazole rings is 1. The Morgan fingerprint density at radius 3 is 2.52 bits per heavy atom. The van der Waals surface area contributed by atoms with Crippen molar-refractivity contribution in [3.63, 3.8) is 0 Å². The highest BCUT2D eigenvalue weighted by Crippen LogP contribution is 2.23. The van der Waals surface area contributed by atoms with Gasteiger partial charge in [-0.2, -0.15) is 0 Å². The highest BCUT2D eigenvalue weighted by Gasteiger charge is 2.18. The van der Waals surface area contributed by atoms with Crippen molar-refractivity contribution in [2.75, 3.05) is 0 Å². The van der Waals surface area contributed by atoms with Crippen LogP contribution in [0.4, 0.5) is 0 Å². The zero-order valence-corrected chi connectivity index (χ0v) is 14.1. The highest BCUT2D eigenvalue weighted by molar-refractivity contribution is 7.20. The van der Waals surface area contributed by atoms with Crippen LogP contribution in [0.25, 0.3) is 10.2 Å². The number of nitrogens with two attached hydrogens (primary N) is 2. The molecule has 0 aliphatic carbocycles. The van der Waals surface area contributed by atoms with Gasteiger partial charge in [-0.25, -0.2) is 4.98 Å². The van der Waals surface area contributed by atoms with Crippen molar-refractivity contribution in [1.29, 1.82) is 5.41 Å². The first-order valence-electron chi connectivity index (χ1n) is 7.62. The van der Waals surface area contributed by atoms with Gasteiger partial charge in [-0.15, -0.1) is 11.3 Å². The molecule has 1 heterocycles. The molecule has 126 valence electrons. The van der Waals surface area contributed by atoms with Gasteiger partial charge in [0.25, 0.3) is 0 Å². The number of nitrogens with one attached hydrogen (secondary N) is 1. The Bertz CT molecular complexity index is 961. The van der Waals surface area contributed by atoms with Gasteiger partial charge in [0.05, 0.1) is 15.8 Å². The zero-order valence-electron chi connectivity index (χ0n) is 13.3. The first-order chi connectivity index (χ1) is 12.0. The second-order valence-electron chi connectivity index (χ2n) is 5.53. The summed E-state index contributed by atoms with van der Waals surface area (Å²) in [7, 11) is 0. The van der Waals surface area contributed by atoms with Crippen LogP contribution >= 0.6 is 11.3 Å². The molecule has 0 radical (unpaired) electrons. The lowest BCUT2D eigenvalue weighted by molar-refractivity contribution is 0.0974. The summed E-state index contributed by atoms with van der Waals surface area (Å²) in [6.45, 7) is 0. The maximum Gasteiger partial charge on any atom is 0.249 e. The second kappa shape index (κ2) is 6.82. The van der Waals surface area contributed by atoms with Gasteiger partial charge in [-0.05, 0) is 24.1 Å². The Hall–Kier alpha value is -3.06. The van der Waals surface area contributed by atoms with E-state index < -0.39 is 5.91 Å². The summed E-state index contributed by atoms with van der Waals surface area (Å²) in [4.78, 5) is 28.6. The number of hydrogen-bond acceptors (Lipinski definition) is 5. The molecule has 6 nitrogen and oxygen atoms in total. The van der Waals surface area contributed by atoms with E-state index in [9.17, 15) is 9.59 Å². The summed E-state index contributed by atoms with van der Waals surface area (Å²) in [5.41, 5.74) is 12.8. The number of nitrogen functional groups attached to an aromatic ring is 1. The zero-order chi connectivity index (χ0) is 18.0. The van der Waals surface area contributed by atoms with Crippen molar-refractivity contribution >= 4 is 39.1 Å². The molecule has 0 saturated carbocycles. The van der Waals surface area contributed by atoms with Crippen molar-refractivity contribution in [3.8, 4) is 0 Å². The SMILES string of the molecule is N=C(N)c1cccc(CCC(=O)c2nc3ccccc3s2)c1C(N)=O. The summed E-state index contributed by atoms with van der Waals surface area (Å²) >= 11 is 1.35. The molecule has 0 fully saturated rings. The Balaban J connectivity index is 1.83. The van der Waals surface area contributed by atoms with Crippen molar-refractivity contribution in [2.24, 2.45) is 11.5 Å². The van der Waals surface area contributed by atoms with Crippen molar-refractivity contribution in [1.82, 2.24) is 4.98 Å². The number of para-hydroxylation sites is 1. The summed E-state index contributed by atoms with van der Waals surface area (Å²) in [5, 5.41) is 8.02. The van der Waals surface area contributed by atoms with E-state index in [0.717, 1.165) is 10.2 Å². The van der Waals surface area contributed by atoms with E-state index in [1.54, 1.807) is 18.2 Å². The first-order valence-corrected chi connectivity index (χ1v) is 8.44. The number of aromatic nitrogens is 1. The third kappa shape index (κ3) is 3.41. The summed E-state index contributed by atoms with van der Waals surface area (Å²) in [6.07, 6.45) is 0.523. The number of carbonyl (C=O) groups is 2. The van der Waals surface area contributed by atoms with Crippen LogP contribution < -0.4 is 11.5 Å². The largest absolute Gasteiger partial charge is 0.384 e. The van der Waals surface area contributed by atoms with Crippen LogP contribution in [-0.2, 0) is 6.42 Å². The van der Waals surface area contributed by atoms with E-state index in [4.69, 9.17) is 16.9 Å². The summed E-state index contributed by atoms with van der Waals surface area (Å²) in [6, 6.07) is 12.6. The molecule has 0 unspecified atom stereocenters. The molecule has 0 spiro atoms. The third-order valence-electron chi connectivity index (χ3n) is 3.84. The van der Waals surface area contributed by atoms with E-state index in [0.29, 0.717) is 17.0 Å². The standard InChI is InChI=1S/C18H16N4O2S/c19-16(20)11-5-3-4-10(15(11)17(21)24)8-9-13(23)18-22-12-6-1-2-7-14(12)25-18/h1-7H,8-9H2,(H3,19,20)(H2,21,24). The maximum absolute atomic E-state index is 12.5. The average Bonchev–Trinajstić information content (AvgIpc) is 3.03. The molecule has 0 saturated heterocycles. The summed E-state index contributed by atoms with van der Waals surface area (Å²) < 4.78 is 0.960. The van der Waals surface area contributed by atoms with E-state index in [1.165, 1.54) is 11.3 Å². The molecule has 0 aliphatic heterocycles. The van der Waals surface area contributed by atoms with Crippen molar-refractivity contribution in [2.45, 2.75) is 12.8 Å². The predicted molar refractivity (Wildman–Crippen MR) is 98.2 cm³/mol. The highest BCUT2D eigenvalue weighted by atomic mass is 32.1. The smallest absolute Gasteiger partial charge is 0.249 e. The van der Waals surface area contributed by atoms with E-state index >= 15 is 0 Å². The van der Waals surface area contributed by atoms with Crippen LogP contribution in [0.1, 0.15) is 37.7 Å². The van der Waals surface area contributed by atoms with Gasteiger partial charge < -0.3 is 11.5 Å². The molecule has 7 heteroatoms. The van der Waals surface area contributed by atoms with E-state index in [2.05, 4.69) is 4.98 Å². The van der Waals surface area contributed by atoms with Crippen LogP contribution in [0.3, 0.4) is 0 Å². The molecule has 0 bridgehead atoms. The van der Waals surface area contributed by atoms with Gasteiger partial charge in [0.1, 0.15) is 5.84 Å². The second-order valence-corrected chi connectivity index (χ2v) is 6.56. The number of primary amides is 1. The Morgan fingerprint density at radius 1 is 1.08 bits per heavy atom. The van der Waals surface area contributed by atoms with Crippen LogP contribution in [0.5, 0.6) is 0 Å². The third-order valence-corrected chi connectivity index (χ3v) is 4.92. The number of fused-ring (bicyclic) bond motifs is 1. The molecule has 2 aromatic carbocycles. The van der Waals surface area contributed by atoms with Crippen LogP contribution in [0.2, 0.25) is 0 Å². The average molecular weight is 352 g/mol. The van der Waals surface area contributed by atoms with Gasteiger partial charge in [0.2, 0.25) is 5.91 Å². The fourth-order valence-corrected chi connectivity index (χ4v) is 3.60. The van der Waals surface area contributed by atoms with Gasteiger partial charge in [0.15, 0.2) is 10.8 Å². The monoisotopic (exact) mass is 352 g/mol. The normalized spacial score (nSPS) is 10.7. The lowest BCUT2D eigenvalue weighted by Gasteiger charge is -2.10. The van der Waals surface area contributed by atoms with Gasteiger partial charge >= 0.3 is 0 Å². The molecule has 3 rings (SSSR count). The Morgan fingerprint density at radius 2 is 1.84 bits per heavy atom. The number of Topliss-reactive ketones (excluding diaryl/α,β-unsaturated/α-hetero) is 1. The lowest BCUT2D eigenvalue weighted by Crippen LogP contribution is -2.22. The Labute approximate surface area is 148 Å². The van der Waals surface area contributed by atoms with E-state index in [1.807, 2.05) is 24.3 Å². The number of carbonyl (C=O) groups excluding carboxylic acids is 2. The minimum atomic E-state index is -0.659. The van der Waals surface area contributed by atoms with Crippen molar-refractivity contribution < 1.29 is 9.59 Å². The van der Waals surface area contributed by atoms with Gasteiger partial charge in [-0.3, -0.25) is 15.0 Å². The van der Waals surface area contributed by atoms with Gasteiger partial charge in [-0.1, -0.05) is 30.3 Å². The molecule has 5 N–H and O–H groups in total. The number of benzene rings is 2. The minimum Gasteiger partial charge on any atom is -0.384 e. The molecule has 1 amide bonds. The number of hydrogen-bond donors (Lipinski definition) is 3. The number of ketones is 1. The molecule has 0 atom stereocenters. The quantitative estimate of drug-likeness (QED) is 0.358. The van der Waals surface area contributed by atoms with Crippen LogP contribution in [0, 0.1) is 5.41 Å². The number of amides is 1. The fraction of sp³-hybridized carbons (Fsp3) is 0.111. The van der Waals surface area contributed by atoms with Crippen LogP contribution in [-0.4, -0.2) is 22.5 Å². The number of aryl methyl sites for hydroxylation is 1. The minimum absolute atomic E-state index is 0.0927. The topological polar surface area (TPSA) is 123 Å². The first kappa shape index (κ1) is 16.8. The number of nitrogens with zero attached hydrogens (tertiary/aromatic N) is 1. The molecule has 25 heavy (non-hydrogen) atoms. The maximum atomic E-state index is 12.5. The number of amidine groups is 1. The summed E-state index contributed by atoms with van der Waals surface area (Å²) in [5.74, 6) is -0.980. The molecule has 0 aliphatic rings. The number of rotatable bonds is 6. The predicted octanol–water partition coefficient (Wildman–Crippen LogP) is 2.49. The molecule has 3 aromatic rings. The van der Waals surface area contributed by atoms with Crippen LogP contribution in [0.15, 0.2) is 42.5 Å². The Kier molecular flexibility index (Phi) is 4.58. The van der Waals surface area contributed by atoms with Crippen molar-refractivity contribution in [3.05, 3.63) is 64.2 Å². The molecular formula is C18H16N4O2S. The lowest BCUT2D eigenvalue weighted by atomic mass is 9.96. The van der Waals surface area contributed by atoms with Gasteiger partial charge in [0, 0.05) is 12.0 Å².